The van der Waals surface area contributed by atoms with Gasteiger partial charge in [0.05, 0.1) is 36.9 Å². The lowest BCUT2D eigenvalue weighted by molar-refractivity contribution is 0.0895. The molecule has 6 aromatic rings. The summed E-state index contributed by atoms with van der Waals surface area (Å²) in [5.74, 6) is -4.51. The van der Waals surface area contributed by atoms with Gasteiger partial charge in [-0.05, 0) is 72.5 Å². The molecular weight excluding hydrogens is 1000 g/mol. The smallest absolute Gasteiger partial charge is 0.446 e. The first-order valence-corrected chi connectivity index (χ1v) is 24.9. The lowest BCUT2D eigenvalue weighted by atomic mass is 9.85. The van der Waals surface area contributed by atoms with Crippen molar-refractivity contribution in [1.29, 1.82) is 0 Å². The van der Waals surface area contributed by atoms with Gasteiger partial charge in [-0.25, -0.2) is 4.98 Å². The number of benzene rings is 4. The van der Waals surface area contributed by atoms with E-state index >= 15 is 0 Å². The number of hydrogen-bond donors (Lipinski definition) is 4. The van der Waals surface area contributed by atoms with E-state index in [0.29, 0.717) is 23.7 Å². The summed E-state index contributed by atoms with van der Waals surface area (Å²) in [4.78, 5) is 32.8. The van der Waals surface area contributed by atoms with Crippen molar-refractivity contribution in [3.63, 3.8) is 0 Å². The second-order valence-electron chi connectivity index (χ2n) is 14.4. The fourth-order valence-corrected chi connectivity index (χ4v) is 8.58. The van der Waals surface area contributed by atoms with E-state index in [1.54, 1.807) is 24.3 Å². The Hall–Kier alpha value is -7.19. The number of rotatable bonds is 20. The van der Waals surface area contributed by atoms with Gasteiger partial charge in [-0.15, -0.1) is 5.10 Å². The molecule has 0 spiro atoms. The van der Waals surface area contributed by atoms with E-state index < -0.39 is 88.3 Å². The molecule has 0 bridgehead atoms. The monoisotopic (exact) mass is 1040 g/mol. The maximum atomic E-state index is 14.3. The highest BCUT2D eigenvalue weighted by Gasteiger charge is 2.35. The van der Waals surface area contributed by atoms with Crippen LogP contribution in [0.2, 0.25) is 0 Å². The fraction of sp³-hybridized carbons (Fsp3) is 0.205. The van der Waals surface area contributed by atoms with Gasteiger partial charge in [0.2, 0.25) is 5.78 Å². The van der Waals surface area contributed by atoms with Crippen LogP contribution in [0.25, 0.3) is 27.9 Å². The second-order valence-corrected chi connectivity index (χ2v) is 18.5. The Morgan fingerprint density at radius 3 is 1.90 bits per heavy atom. The van der Waals surface area contributed by atoms with Crippen molar-refractivity contribution in [1.82, 2.24) is 24.5 Å². The minimum absolute atomic E-state index is 0.0152. The molecule has 0 fully saturated rings. The van der Waals surface area contributed by atoms with Crippen LogP contribution in [-0.4, -0.2) is 96.4 Å². The Kier molecular flexibility index (Phi) is 14.0. The summed E-state index contributed by atoms with van der Waals surface area (Å²) in [6.07, 6.45) is 1.97. The van der Waals surface area contributed by atoms with Crippen LogP contribution in [0, 0.1) is 0 Å². The van der Waals surface area contributed by atoms with E-state index in [-0.39, 0.29) is 70.4 Å². The van der Waals surface area contributed by atoms with Crippen LogP contribution in [0.3, 0.4) is 0 Å². The number of fused-ring (bicyclic) bond motifs is 2. The van der Waals surface area contributed by atoms with Crippen molar-refractivity contribution >= 4 is 63.9 Å². The van der Waals surface area contributed by atoms with Crippen LogP contribution in [-0.2, 0) is 72.5 Å². The average Bonchev–Trinajstić information content (AvgIpc) is 3.71. The van der Waals surface area contributed by atoms with E-state index in [1.807, 2.05) is 0 Å². The Labute approximate surface area is 391 Å². The van der Waals surface area contributed by atoms with Crippen LogP contribution >= 0.6 is 0 Å². The Bertz CT molecular complexity index is 3580. The van der Waals surface area contributed by atoms with Crippen molar-refractivity contribution in [2.45, 2.75) is 39.0 Å². The fourth-order valence-electron chi connectivity index (χ4n) is 7.14. The predicted octanol–water partition coefficient (Wildman–Crippen LogP) is 3.25. The molecule has 26 nitrogen and oxygen atoms in total. The minimum Gasteiger partial charge on any atom is -0.493 e. The Morgan fingerprint density at radius 2 is 1.23 bits per heavy atom. The SMILES string of the molecule is COc1ccc(-c2nc3ccccc3c(=O)n2CCCCn2cc(COC3=C(c4ccc(OS(=O)(=O)O)c(OS(=O)(=O)O)c4)Cc4ccc(OS(=O)(=O)O)c(OC)c4C3=O)nn2)cc1OS(=O)(=O)O. The van der Waals surface area contributed by atoms with E-state index in [0.717, 1.165) is 31.4 Å². The molecule has 2 heterocycles. The van der Waals surface area contributed by atoms with Crippen LogP contribution < -0.4 is 31.8 Å². The molecule has 0 saturated heterocycles. The summed E-state index contributed by atoms with van der Waals surface area (Å²) in [5, 5.41) is 8.51. The van der Waals surface area contributed by atoms with Gasteiger partial charge < -0.3 is 30.9 Å². The van der Waals surface area contributed by atoms with Crippen LogP contribution in [0.5, 0.6) is 34.5 Å². The first-order valence-electron chi connectivity index (χ1n) is 19.4. The van der Waals surface area contributed by atoms with Crippen LogP contribution in [0.1, 0.15) is 40.0 Å². The number of allylic oxidation sites excluding steroid dienone is 2. The molecule has 1 aliphatic carbocycles. The third-order valence-corrected chi connectivity index (χ3v) is 11.4. The molecule has 0 aliphatic heterocycles. The molecule has 0 amide bonds. The molecule has 0 atom stereocenters. The molecular formula is C39H35N5O21S4. The van der Waals surface area contributed by atoms with Gasteiger partial charge in [-0.1, -0.05) is 29.5 Å². The van der Waals surface area contributed by atoms with Gasteiger partial charge in [0, 0.05) is 30.6 Å². The predicted molar refractivity (Wildman–Crippen MR) is 235 cm³/mol. The highest BCUT2D eigenvalue weighted by Crippen LogP contribution is 2.44. The zero-order valence-electron chi connectivity index (χ0n) is 35.3. The number of nitrogens with zero attached hydrogens (tertiary/aromatic N) is 5. The van der Waals surface area contributed by atoms with E-state index in [4.69, 9.17) is 18.4 Å². The summed E-state index contributed by atoms with van der Waals surface area (Å²) < 4.78 is 168. The molecule has 4 N–H and O–H groups in total. The zero-order chi connectivity index (χ0) is 50.1. The number of hydrogen-bond acceptors (Lipinski definition) is 20. The highest BCUT2D eigenvalue weighted by atomic mass is 32.3. The van der Waals surface area contributed by atoms with Crippen molar-refractivity contribution in [3.8, 4) is 45.9 Å². The van der Waals surface area contributed by atoms with Gasteiger partial charge in [-0.3, -0.25) is 37.0 Å². The normalized spacial score (nSPS) is 13.2. The summed E-state index contributed by atoms with van der Waals surface area (Å²) in [6, 6.07) is 15.9. The molecule has 30 heteroatoms. The lowest BCUT2D eigenvalue weighted by Crippen LogP contribution is -2.24. The van der Waals surface area contributed by atoms with E-state index in [9.17, 15) is 61.5 Å². The quantitative estimate of drug-likeness (QED) is 0.0629. The van der Waals surface area contributed by atoms with Gasteiger partial charge in [0.15, 0.2) is 40.3 Å². The zero-order valence-corrected chi connectivity index (χ0v) is 38.6. The molecule has 4 aromatic carbocycles. The topological polar surface area (TPSA) is 365 Å². The number of para-hydroxylation sites is 1. The molecule has 0 radical (unpaired) electrons. The maximum absolute atomic E-state index is 14.3. The standard InChI is InChI=1S/C39H35N5O21S4/c1-59-29-12-11-24(19-32(29)64-68(53,54)55)38-40-28-8-4-3-7-26(28)39(46)44(38)16-6-5-15-43-20-25(41-42-43)21-61-36-27(22-9-13-30(62-66(47,48)49)33(18-22)65-69(56,57)58)17-23-10-14-31(63-67(50,51)52)37(60-2)34(23)35(36)45/h3-4,7-14,18-20H,5-6,15-17,21H2,1-2H3,(H,47,48,49)(H,50,51,52)(H,53,54,55)(H,56,57,58). The van der Waals surface area contributed by atoms with E-state index in [2.05, 4.69) is 27.8 Å². The molecule has 69 heavy (non-hydrogen) atoms. The number of unbranched alkanes of at least 4 members (excludes halogenated alkanes) is 1. The third-order valence-electron chi connectivity index (χ3n) is 9.81. The summed E-state index contributed by atoms with van der Waals surface area (Å²) in [5.41, 5.74) is 0.172. The van der Waals surface area contributed by atoms with Crippen molar-refractivity contribution in [3.05, 3.63) is 117 Å². The maximum Gasteiger partial charge on any atom is 0.446 e. The van der Waals surface area contributed by atoms with Crippen molar-refractivity contribution in [2.24, 2.45) is 0 Å². The summed E-state index contributed by atoms with van der Waals surface area (Å²) >= 11 is 0. The minimum atomic E-state index is -5.34. The van der Waals surface area contributed by atoms with Gasteiger partial charge in [0.25, 0.3) is 5.56 Å². The molecule has 1 aliphatic rings. The number of carbonyl (C=O) groups is 1. The molecule has 366 valence electrons. The second kappa shape index (κ2) is 19.4. The Morgan fingerprint density at radius 1 is 0.652 bits per heavy atom. The van der Waals surface area contributed by atoms with E-state index in [1.165, 1.54) is 46.8 Å². The van der Waals surface area contributed by atoms with Gasteiger partial charge in [-0.2, -0.15) is 33.7 Å². The number of ether oxygens (including phenoxy) is 3. The van der Waals surface area contributed by atoms with Crippen molar-refractivity contribution in [2.75, 3.05) is 14.2 Å². The molecule has 7 rings (SSSR count). The van der Waals surface area contributed by atoms with Crippen molar-refractivity contribution < 1.29 is 87.6 Å². The number of methoxy groups -OCH3 is 2. The van der Waals surface area contributed by atoms with Gasteiger partial charge in [0.1, 0.15) is 18.1 Å². The average molecular weight is 1040 g/mol. The summed E-state index contributed by atoms with van der Waals surface area (Å²) in [6.45, 7) is -0.123. The first kappa shape index (κ1) is 49.7. The van der Waals surface area contributed by atoms with Crippen LogP contribution in [0.15, 0.2) is 89.5 Å². The number of aromatic nitrogens is 5. The molecule has 0 unspecified atom stereocenters. The first-order chi connectivity index (χ1) is 32.4. The lowest BCUT2D eigenvalue weighted by Gasteiger charge is -2.25. The molecule has 2 aromatic heterocycles. The number of ketones is 1. The largest absolute Gasteiger partial charge is 0.493 e. The Balaban J connectivity index is 1.15. The number of aryl methyl sites for hydroxylation is 1. The molecule has 0 saturated carbocycles. The summed E-state index contributed by atoms with van der Waals surface area (Å²) in [7, 11) is -18.3. The number of Topliss-reactive ketones (excluding diaryl/α,β-unsaturated/α-hetero) is 1. The number of carbonyl (C=O) groups excluding carboxylic acids is 1. The highest BCUT2D eigenvalue weighted by molar-refractivity contribution is 7.82. The van der Waals surface area contributed by atoms with Crippen LogP contribution in [0.4, 0.5) is 0 Å². The third kappa shape index (κ3) is 12.1. The van der Waals surface area contributed by atoms with Gasteiger partial charge >= 0.3 is 41.6 Å².